The Morgan fingerprint density at radius 3 is 2.88 bits per heavy atom. The number of para-hydroxylation sites is 1. The number of hydrogen-bond acceptors (Lipinski definition) is 6. The van der Waals surface area contributed by atoms with Crippen LogP contribution in [0.1, 0.15) is 36.4 Å². The SMILES string of the molecule is Cc1nnc([C@@H]2COCCN2C(=O)[C@H](C)c2cc3ccccc3o2)o1. The number of amides is 1. The summed E-state index contributed by atoms with van der Waals surface area (Å²) in [6.45, 7) is 4.90. The monoisotopic (exact) mass is 341 g/mol. The molecule has 0 aliphatic carbocycles. The molecule has 25 heavy (non-hydrogen) atoms. The lowest BCUT2D eigenvalue weighted by molar-refractivity contribution is -0.142. The molecular weight excluding hydrogens is 322 g/mol. The molecule has 2 atom stereocenters. The molecule has 1 aliphatic rings. The number of carbonyl (C=O) groups excluding carboxylic acids is 1. The first-order chi connectivity index (χ1) is 12.1. The van der Waals surface area contributed by atoms with E-state index in [9.17, 15) is 4.79 Å². The van der Waals surface area contributed by atoms with Gasteiger partial charge in [-0.2, -0.15) is 0 Å². The lowest BCUT2D eigenvalue weighted by atomic mass is 10.0. The molecule has 4 rings (SSSR count). The summed E-state index contributed by atoms with van der Waals surface area (Å²) in [6, 6.07) is 9.29. The van der Waals surface area contributed by atoms with E-state index in [-0.39, 0.29) is 11.9 Å². The molecule has 0 spiro atoms. The second-order valence-corrected chi connectivity index (χ2v) is 6.19. The Morgan fingerprint density at radius 1 is 1.28 bits per heavy atom. The van der Waals surface area contributed by atoms with E-state index in [4.69, 9.17) is 13.6 Å². The number of rotatable bonds is 3. The molecule has 7 heteroatoms. The third-order valence-corrected chi connectivity index (χ3v) is 4.48. The van der Waals surface area contributed by atoms with Crippen molar-refractivity contribution >= 4 is 16.9 Å². The maximum Gasteiger partial charge on any atom is 0.241 e. The Hall–Kier alpha value is -2.67. The van der Waals surface area contributed by atoms with Crippen molar-refractivity contribution in [3.05, 3.63) is 47.9 Å². The van der Waals surface area contributed by atoms with Crippen LogP contribution in [0.15, 0.2) is 39.2 Å². The van der Waals surface area contributed by atoms with E-state index in [1.165, 1.54) is 0 Å². The van der Waals surface area contributed by atoms with Crippen LogP contribution in [0.25, 0.3) is 11.0 Å². The summed E-state index contributed by atoms with van der Waals surface area (Å²) in [4.78, 5) is 14.8. The van der Waals surface area contributed by atoms with Crippen molar-refractivity contribution in [1.82, 2.24) is 15.1 Å². The predicted molar refractivity (Wildman–Crippen MR) is 88.9 cm³/mol. The minimum atomic E-state index is -0.406. The molecular formula is C18H19N3O4. The summed E-state index contributed by atoms with van der Waals surface area (Å²) in [5, 5.41) is 8.90. The van der Waals surface area contributed by atoms with Crippen LogP contribution < -0.4 is 0 Å². The molecule has 130 valence electrons. The van der Waals surface area contributed by atoms with Crippen molar-refractivity contribution in [2.45, 2.75) is 25.8 Å². The van der Waals surface area contributed by atoms with Crippen LogP contribution in [-0.2, 0) is 9.53 Å². The lowest BCUT2D eigenvalue weighted by Gasteiger charge is -2.34. The van der Waals surface area contributed by atoms with Crippen molar-refractivity contribution in [1.29, 1.82) is 0 Å². The van der Waals surface area contributed by atoms with Gasteiger partial charge in [0.15, 0.2) is 0 Å². The van der Waals surface area contributed by atoms with E-state index in [0.717, 1.165) is 11.0 Å². The molecule has 0 N–H and O–H groups in total. The first-order valence-corrected chi connectivity index (χ1v) is 8.30. The molecule has 1 fully saturated rings. The standard InChI is InChI=1S/C18H19N3O4/c1-11(16-9-13-5-3-4-6-15(13)25-16)18(22)21-7-8-23-10-14(21)17-20-19-12(2)24-17/h3-6,9,11,14H,7-8,10H2,1-2H3/t11-,14+/m1/s1. The fourth-order valence-electron chi connectivity index (χ4n) is 3.10. The summed E-state index contributed by atoms with van der Waals surface area (Å²) in [5.74, 6) is 1.08. The van der Waals surface area contributed by atoms with E-state index >= 15 is 0 Å². The Kier molecular flexibility index (Phi) is 4.01. The summed E-state index contributed by atoms with van der Waals surface area (Å²) < 4.78 is 16.9. The highest BCUT2D eigenvalue weighted by molar-refractivity contribution is 5.85. The highest BCUT2D eigenvalue weighted by Crippen LogP contribution is 2.30. The summed E-state index contributed by atoms with van der Waals surface area (Å²) in [6.07, 6.45) is 0. The van der Waals surface area contributed by atoms with Gasteiger partial charge in [0, 0.05) is 18.9 Å². The molecule has 1 saturated heterocycles. The Morgan fingerprint density at radius 2 is 2.12 bits per heavy atom. The minimum Gasteiger partial charge on any atom is -0.460 e. The largest absolute Gasteiger partial charge is 0.460 e. The number of ether oxygens (including phenoxy) is 1. The number of morpholine rings is 1. The average molecular weight is 341 g/mol. The Labute approximate surface area is 144 Å². The van der Waals surface area contributed by atoms with Gasteiger partial charge >= 0.3 is 0 Å². The molecule has 7 nitrogen and oxygen atoms in total. The fourth-order valence-corrected chi connectivity index (χ4v) is 3.10. The number of aryl methyl sites for hydroxylation is 1. The molecule has 3 heterocycles. The topological polar surface area (TPSA) is 81.6 Å². The van der Waals surface area contributed by atoms with E-state index in [1.807, 2.05) is 37.3 Å². The zero-order chi connectivity index (χ0) is 17.4. The third kappa shape index (κ3) is 2.91. The van der Waals surface area contributed by atoms with Crippen LogP contribution in [0.2, 0.25) is 0 Å². The number of benzene rings is 1. The molecule has 0 unspecified atom stereocenters. The van der Waals surface area contributed by atoms with Gasteiger partial charge in [-0.25, -0.2) is 0 Å². The number of fused-ring (bicyclic) bond motifs is 1. The predicted octanol–water partition coefficient (Wildman–Crippen LogP) is 2.83. The molecule has 1 aliphatic heterocycles. The van der Waals surface area contributed by atoms with Gasteiger partial charge < -0.3 is 18.5 Å². The molecule has 0 radical (unpaired) electrons. The van der Waals surface area contributed by atoms with Crippen LogP contribution in [-0.4, -0.2) is 40.8 Å². The van der Waals surface area contributed by atoms with Crippen molar-refractivity contribution in [2.75, 3.05) is 19.8 Å². The van der Waals surface area contributed by atoms with Crippen molar-refractivity contribution < 1.29 is 18.4 Å². The van der Waals surface area contributed by atoms with Crippen LogP contribution in [0.4, 0.5) is 0 Å². The van der Waals surface area contributed by atoms with Gasteiger partial charge in [0.05, 0.1) is 19.1 Å². The van der Waals surface area contributed by atoms with Crippen LogP contribution in [0.3, 0.4) is 0 Å². The number of furan rings is 1. The van der Waals surface area contributed by atoms with E-state index in [1.54, 1.807) is 11.8 Å². The molecule has 0 saturated carbocycles. The Balaban J connectivity index is 1.61. The third-order valence-electron chi connectivity index (χ3n) is 4.48. The van der Waals surface area contributed by atoms with Crippen LogP contribution in [0.5, 0.6) is 0 Å². The fraction of sp³-hybridized carbons (Fsp3) is 0.389. The van der Waals surface area contributed by atoms with Gasteiger partial charge in [-0.05, 0) is 19.1 Å². The quantitative estimate of drug-likeness (QED) is 0.728. The van der Waals surface area contributed by atoms with Gasteiger partial charge in [0.2, 0.25) is 17.7 Å². The number of hydrogen-bond donors (Lipinski definition) is 0. The second kappa shape index (κ2) is 6.33. The summed E-state index contributed by atoms with van der Waals surface area (Å²) in [5.41, 5.74) is 0.781. The highest BCUT2D eigenvalue weighted by Gasteiger charge is 2.35. The number of carbonyl (C=O) groups is 1. The highest BCUT2D eigenvalue weighted by atomic mass is 16.5. The minimum absolute atomic E-state index is 0.0387. The van der Waals surface area contributed by atoms with Crippen molar-refractivity contribution in [2.24, 2.45) is 0 Å². The van der Waals surface area contributed by atoms with E-state index < -0.39 is 5.92 Å². The Bertz CT molecular complexity index is 868. The smallest absolute Gasteiger partial charge is 0.241 e. The second-order valence-electron chi connectivity index (χ2n) is 6.19. The number of aromatic nitrogens is 2. The maximum atomic E-state index is 13.1. The molecule has 0 bridgehead atoms. The summed E-state index contributed by atoms with van der Waals surface area (Å²) in [7, 11) is 0. The van der Waals surface area contributed by atoms with Gasteiger partial charge in [-0.15, -0.1) is 10.2 Å². The van der Waals surface area contributed by atoms with Gasteiger partial charge in [-0.1, -0.05) is 18.2 Å². The molecule has 3 aromatic rings. The molecule has 1 amide bonds. The summed E-state index contributed by atoms with van der Waals surface area (Å²) >= 11 is 0. The van der Waals surface area contributed by atoms with Crippen molar-refractivity contribution in [3.8, 4) is 0 Å². The molecule has 1 aromatic carbocycles. The van der Waals surface area contributed by atoms with Gasteiger partial charge in [0.1, 0.15) is 17.4 Å². The number of nitrogens with zero attached hydrogens (tertiary/aromatic N) is 3. The van der Waals surface area contributed by atoms with Crippen LogP contribution >= 0.6 is 0 Å². The zero-order valence-electron chi connectivity index (χ0n) is 14.1. The maximum absolute atomic E-state index is 13.1. The van der Waals surface area contributed by atoms with E-state index in [0.29, 0.717) is 37.3 Å². The first-order valence-electron chi connectivity index (χ1n) is 8.30. The van der Waals surface area contributed by atoms with Gasteiger partial charge in [0.25, 0.3) is 0 Å². The first kappa shape index (κ1) is 15.8. The van der Waals surface area contributed by atoms with Crippen molar-refractivity contribution in [3.63, 3.8) is 0 Å². The average Bonchev–Trinajstić information content (AvgIpc) is 3.26. The zero-order valence-corrected chi connectivity index (χ0v) is 14.1. The van der Waals surface area contributed by atoms with Gasteiger partial charge in [-0.3, -0.25) is 4.79 Å². The lowest BCUT2D eigenvalue weighted by Crippen LogP contribution is -2.45. The van der Waals surface area contributed by atoms with Crippen LogP contribution in [0, 0.1) is 6.92 Å². The normalized spacial score (nSPS) is 19.3. The molecule has 2 aromatic heterocycles. The van der Waals surface area contributed by atoms with E-state index in [2.05, 4.69) is 10.2 Å².